The summed E-state index contributed by atoms with van der Waals surface area (Å²) < 4.78 is 55.0. The van der Waals surface area contributed by atoms with Gasteiger partial charge in [0.05, 0.1) is 0 Å². The fourth-order valence-corrected chi connectivity index (χ4v) is 0.802. The lowest BCUT2D eigenvalue weighted by Crippen LogP contribution is -2.42. The van der Waals surface area contributed by atoms with E-state index in [1.807, 2.05) is 0 Å². The van der Waals surface area contributed by atoms with Crippen molar-refractivity contribution in [2.75, 3.05) is 0 Å². The Bertz CT molecular complexity index is 297. The third-order valence-corrected chi connectivity index (χ3v) is 1.66. The van der Waals surface area contributed by atoms with Crippen molar-refractivity contribution in [3.8, 4) is 0 Å². The van der Waals surface area contributed by atoms with Crippen LogP contribution in [0.3, 0.4) is 0 Å². The van der Waals surface area contributed by atoms with Crippen LogP contribution in [0.25, 0.3) is 0 Å². The number of hydrogen-bond acceptors (Lipinski definition) is 5. The number of halogens is 4. The van der Waals surface area contributed by atoms with Crippen LogP contribution in [0, 0.1) is 0 Å². The minimum atomic E-state index is -5.01. The molecule has 0 rings (SSSR count). The molecule has 0 saturated heterocycles. The second kappa shape index (κ2) is 4.77. The Labute approximate surface area is 76.5 Å². The quantitative estimate of drug-likeness (QED) is 0.217. The molecule has 0 amide bonds. The zero-order valence-electron chi connectivity index (χ0n) is 6.34. The van der Waals surface area contributed by atoms with Gasteiger partial charge in [0.25, 0.3) is 0 Å². The van der Waals surface area contributed by atoms with E-state index in [-0.39, 0.29) is 6.08 Å². The largest absolute Gasteiger partial charge is 0.441 e. The molecule has 0 spiro atoms. The average Bonchev–Trinajstić information content (AvgIpc) is 2.04. The lowest BCUT2D eigenvalue weighted by Gasteiger charge is -2.20. The molecule has 0 aliphatic carbocycles. The van der Waals surface area contributed by atoms with Gasteiger partial charge in [0.15, 0.2) is 0 Å². The summed E-state index contributed by atoms with van der Waals surface area (Å²) in [7, 11) is -2.51. The average molecular weight is 230 g/mol. The highest BCUT2D eigenvalue weighted by Crippen LogP contribution is 2.35. The Morgan fingerprint density at radius 3 is 2.14 bits per heavy atom. The SMILES string of the molecule is O=C=N[SiH2]OC(F)(F)C(F)(F)N=C=O. The number of alkyl halides is 4. The smallest absolute Gasteiger partial charge is 0.339 e. The molecule has 10 heteroatoms. The molecule has 0 aromatic carbocycles. The van der Waals surface area contributed by atoms with Crippen molar-refractivity contribution < 1.29 is 31.6 Å². The van der Waals surface area contributed by atoms with E-state index in [4.69, 9.17) is 0 Å². The van der Waals surface area contributed by atoms with Gasteiger partial charge in [0, 0.05) is 0 Å². The van der Waals surface area contributed by atoms with Crippen LogP contribution in [0.2, 0.25) is 0 Å². The zero-order valence-corrected chi connectivity index (χ0v) is 7.75. The number of hydrogen-bond donors (Lipinski definition) is 0. The molecule has 0 bridgehead atoms. The highest BCUT2D eigenvalue weighted by Gasteiger charge is 2.58. The van der Waals surface area contributed by atoms with Crippen molar-refractivity contribution in [2.24, 2.45) is 9.65 Å². The van der Waals surface area contributed by atoms with Crippen LogP contribution in [0.4, 0.5) is 17.6 Å². The first-order valence-corrected chi connectivity index (χ1v) is 4.10. The molecule has 78 valence electrons. The maximum Gasteiger partial charge on any atom is 0.441 e. The number of nitrogens with zero attached hydrogens (tertiary/aromatic N) is 2. The standard InChI is InChI=1S/C4H2F4N2O3Si/c5-3(6,9-1-11)4(7,8)13-14-10-2-12/h14H2. The molecule has 0 aromatic heterocycles. The molecule has 0 saturated carbocycles. The van der Waals surface area contributed by atoms with E-state index in [1.54, 1.807) is 4.99 Å². The molecule has 0 aromatic rings. The van der Waals surface area contributed by atoms with Gasteiger partial charge in [-0.3, -0.25) is 0 Å². The van der Waals surface area contributed by atoms with Crippen LogP contribution >= 0.6 is 0 Å². The van der Waals surface area contributed by atoms with E-state index in [9.17, 15) is 27.2 Å². The Morgan fingerprint density at radius 1 is 1.14 bits per heavy atom. The summed E-state index contributed by atoms with van der Waals surface area (Å²) in [6.45, 7) is 0. The fourth-order valence-electron chi connectivity index (χ4n) is 0.349. The van der Waals surface area contributed by atoms with Crippen molar-refractivity contribution in [3.05, 3.63) is 0 Å². The minimum Gasteiger partial charge on any atom is -0.339 e. The minimum absolute atomic E-state index is 0.277. The zero-order chi connectivity index (χ0) is 11.2. The molecular weight excluding hydrogens is 228 g/mol. The molecule has 0 fully saturated rings. The molecule has 0 N–H and O–H groups in total. The number of isocyanates is 2. The molecule has 0 heterocycles. The second-order valence-corrected chi connectivity index (χ2v) is 2.65. The van der Waals surface area contributed by atoms with Crippen LogP contribution in [0.15, 0.2) is 9.65 Å². The highest BCUT2D eigenvalue weighted by molar-refractivity contribution is 6.26. The van der Waals surface area contributed by atoms with E-state index in [0.717, 1.165) is 6.08 Å². The molecule has 14 heavy (non-hydrogen) atoms. The first kappa shape index (κ1) is 12.7. The van der Waals surface area contributed by atoms with Gasteiger partial charge in [-0.1, -0.05) is 0 Å². The van der Waals surface area contributed by atoms with Crippen molar-refractivity contribution in [1.29, 1.82) is 0 Å². The van der Waals surface area contributed by atoms with Crippen LogP contribution in [-0.4, -0.2) is 34.2 Å². The van der Waals surface area contributed by atoms with Gasteiger partial charge < -0.3 is 4.43 Å². The van der Waals surface area contributed by atoms with Crippen molar-refractivity contribution in [3.63, 3.8) is 0 Å². The van der Waals surface area contributed by atoms with Crippen LogP contribution < -0.4 is 0 Å². The van der Waals surface area contributed by atoms with E-state index in [0.29, 0.717) is 0 Å². The van der Waals surface area contributed by atoms with Gasteiger partial charge in [0.1, 0.15) is 0 Å². The molecular formula is C4H2F4N2O3Si. The van der Waals surface area contributed by atoms with Gasteiger partial charge in [-0.05, 0) is 0 Å². The third-order valence-electron chi connectivity index (χ3n) is 0.911. The van der Waals surface area contributed by atoms with Gasteiger partial charge >= 0.3 is 22.1 Å². The summed E-state index contributed by atoms with van der Waals surface area (Å²) in [5.41, 5.74) is 0. The number of carbonyl (C=O) groups excluding carboxylic acids is 2. The maximum absolute atomic E-state index is 12.3. The van der Waals surface area contributed by atoms with Crippen molar-refractivity contribution >= 4 is 22.1 Å². The topological polar surface area (TPSA) is 68.1 Å². The summed E-state index contributed by atoms with van der Waals surface area (Å²) in [5, 5.41) is 0. The normalized spacial score (nSPS) is 12.3. The predicted octanol–water partition coefficient (Wildman–Crippen LogP) is -0.141. The number of aliphatic imine (C=N–C) groups is 1. The molecule has 5 nitrogen and oxygen atoms in total. The molecule has 0 aliphatic heterocycles. The first-order valence-electron chi connectivity index (χ1n) is 2.89. The van der Waals surface area contributed by atoms with E-state index in [2.05, 4.69) is 9.08 Å². The van der Waals surface area contributed by atoms with Gasteiger partial charge in [-0.25, -0.2) is 14.2 Å². The Balaban J connectivity index is 4.58. The van der Waals surface area contributed by atoms with Crippen LogP contribution in [0.5, 0.6) is 0 Å². The monoisotopic (exact) mass is 230 g/mol. The fraction of sp³-hybridized carbons (Fsp3) is 0.500. The Kier molecular flexibility index (Phi) is 4.31. The Hall–Kier alpha value is -1.34. The lowest BCUT2D eigenvalue weighted by atomic mass is 10.5. The lowest BCUT2D eigenvalue weighted by molar-refractivity contribution is -0.306. The third kappa shape index (κ3) is 3.19. The molecule has 0 unspecified atom stereocenters. The van der Waals surface area contributed by atoms with Crippen molar-refractivity contribution in [2.45, 2.75) is 12.2 Å². The van der Waals surface area contributed by atoms with Gasteiger partial charge in [0.2, 0.25) is 12.2 Å². The maximum atomic E-state index is 12.3. The Morgan fingerprint density at radius 2 is 1.71 bits per heavy atom. The summed E-state index contributed by atoms with van der Waals surface area (Å²) >= 11 is 0. The van der Waals surface area contributed by atoms with E-state index < -0.39 is 22.1 Å². The first-order chi connectivity index (χ1) is 6.37. The highest BCUT2D eigenvalue weighted by atomic mass is 28.2. The molecule has 0 radical (unpaired) electrons. The molecule has 0 atom stereocenters. The van der Waals surface area contributed by atoms with E-state index in [1.165, 1.54) is 0 Å². The summed E-state index contributed by atoms with van der Waals surface area (Å²) in [6, 6.07) is -5.01. The van der Waals surface area contributed by atoms with Gasteiger partial charge in [-0.2, -0.15) is 17.6 Å². The predicted molar refractivity (Wildman–Crippen MR) is 35.8 cm³/mol. The second-order valence-electron chi connectivity index (χ2n) is 1.78. The summed E-state index contributed by atoms with van der Waals surface area (Å²) in [4.78, 5) is 20.3. The van der Waals surface area contributed by atoms with Crippen molar-refractivity contribution in [1.82, 2.24) is 0 Å². The van der Waals surface area contributed by atoms with Gasteiger partial charge in [-0.15, -0.1) is 4.99 Å². The summed E-state index contributed by atoms with van der Waals surface area (Å²) in [5.74, 6) is 0. The number of rotatable bonds is 5. The van der Waals surface area contributed by atoms with Crippen LogP contribution in [0.1, 0.15) is 0 Å². The van der Waals surface area contributed by atoms with E-state index >= 15 is 0 Å². The molecule has 0 aliphatic rings. The van der Waals surface area contributed by atoms with Crippen LogP contribution in [-0.2, 0) is 14.0 Å². The summed E-state index contributed by atoms with van der Waals surface area (Å²) in [6.07, 6.45) is -3.85.